The van der Waals surface area contributed by atoms with E-state index in [0.29, 0.717) is 49.3 Å². The minimum absolute atomic E-state index is 0.268. The van der Waals surface area contributed by atoms with E-state index in [1.54, 1.807) is 28.9 Å². The van der Waals surface area contributed by atoms with E-state index in [9.17, 15) is 13.6 Å². The molecular weight excluding hydrogens is 420 g/mol. The molecule has 7 nitrogen and oxygen atoms in total. The van der Waals surface area contributed by atoms with Crippen molar-refractivity contribution in [3.63, 3.8) is 0 Å². The van der Waals surface area contributed by atoms with E-state index < -0.39 is 12.0 Å². The number of nitrogens with one attached hydrogen (secondary N) is 1. The molecule has 1 saturated carbocycles. The van der Waals surface area contributed by atoms with Crippen LogP contribution in [0.4, 0.5) is 8.78 Å². The van der Waals surface area contributed by atoms with Crippen LogP contribution in [0.3, 0.4) is 0 Å². The van der Waals surface area contributed by atoms with Gasteiger partial charge in [-0.05, 0) is 49.3 Å². The van der Waals surface area contributed by atoms with Crippen molar-refractivity contribution in [1.82, 2.24) is 15.1 Å². The molecule has 172 valence electrons. The molecule has 9 heteroatoms. The van der Waals surface area contributed by atoms with Gasteiger partial charge in [0.15, 0.2) is 11.3 Å². The first-order chi connectivity index (χ1) is 15.4. The number of aromatic nitrogens is 2. The number of hydrogen-bond donors (Lipinski definition) is 1. The molecule has 1 amide bonds. The topological polar surface area (TPSA) is 74.6 Å². The van der Waals surface area contributed by atoms with Gasteiger partial charge in [-0.15, -0.1) is 0 Å². The Morgan fingerprint density at radius 3 is 2.97 bits per heavy atom. The standard InChI is InChI=1S/C23H27F2N3O4/c1-23(13-30-10-14-2-3-14)12-28-21(32-23)9-18(27-28)22(29)26-17-8-16-6-15(7-20(24)25)4-5-19(16)31-11-17/h4-6,9,14,17,20H,2-3,7-8,10-13H2,1H3,(H,26,29)/t17-,23?/m1/s1. The van der Waals surface area contributed by atoms with E-state index in [0.717, 1.165) is 12.2 Å². The zero-order valence-corrected chi connectivity index (χ0v) is 18.0. The maximum atomic E-state index is 12.7. The second-order valence-electron chi connectivity index (χ2n) is 9.26. The van der Waals surface area contributed by atoms with Crippen LogP contribution in [0.5, 0.6) is 11.6 Å². The van der Waals surface area contributed by atoms with Gasteiger partial charge in [0.25, 0.3) is 5.91 Å². The highest BCUT2D eigenvalue weighted by Crippen LogP contribution is 2.32. The molecule has 5 rings (SSSR count). The van der Waals surface area contributed by atoms with Gasteiger partial charge in [0, 0.05) is 19.1 Å². The number of rotatable bonds is 8. The highest BCUT2D eigenvalue weighted by Gasteiger charge is 2.38. The van der Waals surface area contributed by atoms with Gasteiger partial charge in [0.1, 0.15) is 12.4 Å². The second kappa shape index (κ2) is 8.35. The molecule has 1 N–H and O–H groups in total. The summed E-state index contributed by atoms with van der Waals surface area (Å²) in [6.45, 7) is 4.07. The Labute approximate surface area is 185 Å². The van der Waals surface area contributed by atoms with Gasteiger partial charge in [0.05, 0.1) is 19.2 Å². The number of halogens is 2. The highest BCUT2D eigenvalue weighted by molar-refractivity contribution is 5.92. The summed E-state index contributed by atoms with van der Waals surface area (Å²) in [5.74, 6) is 1.60. The number of carbonyl (C=O) groups is 1. The molecule has 0 radical (unpaired) electrons. The highest BCUT2D eigenvalue weighted by atomic mass is 19.3. The first-order valence-corrected chi connectivity index (χ1v) is 11.1. The third kappa shape index (κ3) is 4.72. The molecule has 3 heterocycles. The van der Waals surface area contributed by atoms with Crippen molar-refractivity contribution >= 4 is 5.91 Å². The van der Waals surface area contributed by atoms with E-state index in [1.165, 1.54) is 12.8 Å². The summed E-state index contributed by atoms with van der Waals surface area (Å²) in [5, 5.41) is 7.33. The van der Waals surface area contributed by atoms with Crippen LogP contribution in [-0.2, 0) is 24.1 Å². The molecule has 1 aromatic carbocycles. The summed E-state index contributed by atoms with van der Waals surface area (Å²) < 4.78 is 44.6. The zero-order valence-electron chi connectivity index (χ0n) is 18.0. The van der Waals surface area contributed by atoms with Crippen molar-refractivity contribution in [3.8, 4) is 11.6 Å². The predicted octanol–water partition coefficient (Wildman–Crippen LogP) is 3.00. The fraction of sp³-hybridized carbons (Fsp3) is 0.565. The van der Waals surface area contributed by atoms with Crippen molar-refractivity contribution in [2.45, 2.75) is 57.2 Å². The molecule has 2 atom stereocenters. The number of ether oxygens (including phenoxy) is 3. The lowest BCUT2D eigenvalue weighted by Gasteiger charge is -2.26. The molecular formula is C23H27F2N3O4. The largest absolute Gasteiger partial charge is 0.491 e. The van der Waals surface area contributed by atoms with Gasteiger partial charge in [-0.3, -0.25) is 4.79 Å². The Bertz CT molecular complexity index is 982. The average molecular weight is 447 g/mol. The van der Waals surface area contributed by atoms with Gasteiger partial charge in [-0.1, -0.05) is 12.1 Å². The summed E-state index contributed by atoms with van der Waals surface area (Å²) in [6.07, 6.45) is 0.302. The van der Waals surface area contributed by atoms with Crippen LogP contribution >= 0.6 is 0 Å². The van der Waals surface area contributed by atoms with Crippen LogP contribution in [0.2, 0.25) is 0 Å². The van der Waals surface area contributed by atoms with E-state index in [1.807, 2.05) is 6.92 Å². The van der Waals surface area contributed by atoms with E-state index >= 15 is 0 Å². The minimum Gasteiger partial charge on any atom is -0.491 e. The van der Waals surface area contributed by atoms with Gasteiger partial charge in [-0.2, -0.15) is 5.10 Å². The van der Waals surface area contributed by atoms with Crippen molar-refractivity contribution in [2.24, 2.45) is 5.92 Å². The Balaban J connectivity index is 1.17. The summed E-state index contributed by atoms with van der Waals surface area (Å²) in [5.41, 5.74) is 1.17. The number of hydrogen-bond acceptors (Lipinski definition) is 5. The molecule has 1 unspecified atom stereocenters. The second-order valence-corrected chi connectivity index (χ2v) is 9.26. The fourth-order valence-corrected chi connectivity index (χ4v) is 4.21. The number of alkyl halides is 2. The van der Waals surface area contributed by atoms with E-state index in [-0.39, 0.29) is 24.1 Å². The number of amides is 1. The molecule has 2 aromatic rings. The van der Waals surface area contributed by atoms with Gasteiger partial charge >= 0.3 is 0 Å². The van der Waals surface area contributed by atoms with E-state index in [2.05, 4.69) is 10.4 Å². The molecule has 0 spiro atoms. The fourth-order valence-electron chi connectivity index (χ4n) is 4.21. The molecule has 3 aliphatic rings. The van der Waals surface area contributed by atoms with Crippen molar-refractivity contribution < 1.29 is 27.8 Å². The average Bonchev–Trinajstić information content (AvgIpc) is 3.39. The maximum absolute atomic E-state index is 12.7. The number of nitrogens with zero attached hydrogens (tertiary/aromatic N) is 2. The van der Waals surface area contributed by atoms with Crippen LogP contribution in [0.15, 0.2) is 24.3 Å². The Morgan fingerprint density at radius 2 is 2.22 bits per heavy atom. The molecule has 32 heavy (non-hydrogen) atoms. The van der Waals surface area contributed by atoms with Crippen LogP contribution in [-0.4, -0.2) is 53.6 Å². The molecule has 2 aliphatic heterocycles. The number of carbonyl (C=O) groups excluding carboxylic acids is 1. The molecule has 1 fully saturated rings. The number of benzene rings is 1. The lowest BCUT2D eigenvalue weighted by molar-refractivity contribution is -0.00723. The van der Waals surface area contributed by atoms with Gasteiger partial charge in [0.2, 0.25) is 12.3 Å². The van der Waals surface area contributed by atoms with Crippen molar-refractivity contribution in [2.75, 3.05) is 19.8 Å². The Morgan fingerprint density at radius 1 is 1.38 bits per heavy atom. The molecule has 0 bridgehead atoms. The van der Waals surface area contributed by atoms with Crippen LogP contribution in [0, 0.1) is 5.92 Å². The Hall–Kier alpha value is -2.68. The monoisotopic (exact) mass is 447 g/mol. The minimum atomic E-state index is -2.40. The SMILES string of the molecule is CC1(COCC2CC2)Cn2nc(C(=O)N[C@H]3COc4ccc(CC(F)F)cc4C3)cc2O1. The third-order valence-corrected chi connectivity index (χ3v) is 6.03. The normalized spacial score (nSPS) is 23.9. The zero-order chi connectivity index (χ0) is 22.3. The van der Waals surface area contributed by atoms with Crippen LogP contribution in [0.1, 0.15) is 41.4 Å². The lowest BCUT2D eigenvalue weighted by Crippen LogP contribution is -2.43. The predicted molar refractivity (Wildman–Crippen MR) is 111 cm³/mol. The maximum Gasteiger partial charge on any atom is 0.272 e. The van der Waals surface area contributed by atoms with Gasteiger partial charge < -0.3 is 19.5 Å². The third-order valence-electron chi connectivity index (χ3n) is 6.03. The first kappa shape index (κ1) is 21.2. The lowest BCUT2D eigenvalue weighted by atomic mass is 9.99. The summed E-state index contributed by atoms with van der Waals surface area (Å²) in [4.78, 5) is 12.7. The smallest absolute Gasteiger partial charge is 0.272 e. The Kier molecular flexibility index (Phi) is 5.53. The summed E-state index contributed by atoms with van der Waals surface area (Å²) in [7, 11) is 0. The van der Waals surface area contributed by atoms with Crippen molar-refractivity contribution in [3.05, 3.63) is 41.1 Å². The first-order valence-electron chi connectivity index (χ1n) is 11.1. The van der Waals surface area contributed by atoms with Crippen molar-refractivity contribution in [1.29, 1.82) is 0 Å². The summed E-state index contributed by atoms with van der Waals surface area (Å²) >= 11 is 0. The van der Waals surface area contributed by atoms with Crippen LogP contribution in [0.25, 0.3) is 0 Å². The van der Waals surface area contributed by atoms with Gasteiger partial charge in [-0.25, -0.2) is 13.5 Å². The van der Waals surface area contributed by atoms with Crippen LogP contribution < -0.4 is 14.8 Å². The van der Waals surface area contributed by atoms with E-state index in [4.69, 9.17) is 14.2 Å². The quantitative estimate of drug-likeness (QED) is 0.674. The molecule has 0 saturated heterocycles. The molecule has 1 aromatic heterocycles. The summed E-state index contributed by atoms with van der Waals surface area (Å²) in [6, 6.07) is 6.47. The molecule has 1 aliphatic carbocycles. The number of fused-ring (bicyclic) bond motifs is 2.